The van der Waals surface area contributed by atoms with Crippen LogP contribution in [-0.4, -0.2) is 55.0 Å². The fraction of sp³-hybridized carbons (Fsp3) is 0.458. The number of anilines is 1. The van der Waals surface area contributed by atoms with Crippen LogP contribution in [0, 0.1) is 12.8 Å². The van der Waals surface area contributed by atoms with Crippen LogP contribution in [0.2, 0.25) is 5.02 Å². The van der Waals surface area contributed by atoms with E-state index < -0.39 is 0 Å². The van der Waals surface area contributed by atoms with E-state index in [0.29, 0.717) is 5.91 Å². The van der Waals surface area contributed by atoms with Crippen LogP contribution in [-0.2, 0) is 11.3 Å². The van der Waals surface area contributed by atoms with Gasteiger partial charge < -0.3 is 9.80 Å². The molecule has 0 N–H and O–H groups in total. The molecule has 0 aliphatic carbocycles. The van der Waals surface area contributed by atoms with E-state index in [4.69, 9.17) is 11.6 Å². The van der Waals surface area contributed by atoms with E-state index in [-0.39, 0.29) is 5.92 Å². The molecule has 0 spiro atoms. The van der Waals surface area contributed by atoms with Crippen molar-refractivity contribution in [2.75, 3.05) is 44.2 Å². The molecule has 1 amide bonds. The second-order valence-corrected chi connectivity index (χ2v) is 8.79. The zero-order valence-electron chi connectivity index (χ0n) is 17.2. The number of halogens is 1. The van der Waals surface area contributed by atoms with Crippen molar-refractivity contribution in [1.29, 1.82) is 0 Å². The lowest BCUT2D eigenvalue weighted by molar-refractivity contribution is -0.137. The lowest BCUT2D eigenvalue weighted by Gasteiger charge is -2.39. The number of rotatable bonds is 4. The number of likely N-dealkylation sites (tertiary alicyclic amines) is 1. The van der Waals surface area contributed by atoms with Crippen LogP contribution < -0.4 is 4.90 Å². The SMILES string of the molecule is Cc1cccc(CN2CCCC(C(=O)N3CCN(c4cccc(Cl)c4)CC3)C2)c1. The van der Waals surface area contributed by atoms with Crippen molar-refractivity contribution in [3.63, 3.8) is 0 Å². The monoisotopic (exact) mass is 411 g/mol. The van der Waals surface area contributed by atoms with Gasteiger partial charge in [-0.1, -0.05) is 47.5 Å². The minimum absolute atomic E-state index is 0.131. The highest BCUT2D eigenvalue weighted by Crippen LogP contribution is 2.24. The molecule has 1 atom stereocenters. The summed E-state index contributed by atoms with van der Waals surface area (Å²) in [4.78, 5) is 20.0. The Balaban J connectivity index is 1.31. The normalized spacial score (nSPS) is 20.7. The maximum Gasteiger partial charge on any atom is 0.227 e. The second kappa shape index (κ2) is 9.19. The predicted molar refractivity (Wildman–Crippen MR) is 119 cm³/mol. The molecule has 4 rings (SSSR count). The van der Waals surface area contributed by atoms with E-state index in [0.717, 1.165) is 69.4 Å². The summed E-state index contributed by atoms with van der Waals surface area (Å²) in [5.74, 6) is 0.468. The number of carbonyl (C=O) groups excluding carboxylic acids is 1. The van der Waals surface area contributed by atoms with E-state index in [1.165, 1.54) is 11.1 Å². The van der Waals surface area contributed by atoms with Crippen molar-refractivity contribution in [3.05, 3.63) is 64.7 Å². The Kier molecular flexibility index (Phi) is 6.41. The van der Waals surface area contributed by atoms with E-state index >= 15 is 0 Å². The molecule has 2 aromatic carbocycles. The van der Waals surface area contributed by atoms with Gasteiger partial charge in [-0.05, 0) is 50.1 Å². The molecule has 5 heteroatoms. The molecule has 2 fully saturated rings. The van der Waals surface area contributed by atoms with E-state index in [1.807, 2.05) is 18.2 Å². The Morgan fingerprint density at radius 2 is 1.83 bits per heavy atom. The molecule has 0 saturated carbocycles. The Morgan fingerprint density at radius 3 is 2.59 bits per heavy atom. The van der Waals surface area contributed by atoms with Gasteiger partial charge in [0.2, 0.25) is 5.91 Å². The van der Waals surface area contributed by atoms with E-state index in [1.54, 1.807) is 0 Å². The maximum atomic E-state index is 13.2. The van der Waals surface area contributed by atoms with Crippen LogP contribution in [0.5, 0.6) is 0 Å². The zero-order valence-corrected chi connectivity index (χ0v) is 17.9. The minimum Gasteiger partial charge on any atom is -0.368 e. The van der Waals surface area contributed by atoms with Gasteiger partial charge in [0.05, 0.1) is 5.92 Å². The highest BCUT2D eigenvalue weighted by atomic mass is 35.5. The molecule has 2 aliphatic rings. The number of benzene rings is 2. The van der Waals surface area contributed by atoms with Crippen molar-refractivity contribution < 1.29 is 4.79 Å². The third kappa shape index (κ3) is 5.12. The quantitative estimate of drug-likeness (QED) is 0.754. The fourth-order valence-corrected chi connectivity index (χ4v) is 4.77. The van der Waals surface area contributed by atoms with Gasteiger partial charge in [-0.3, -0.25) is 9.69 Å². The third-order valence-corrected chi connectivity index (χ3v) is 6.34. The van der Waals surface area contributed by atoms with Crippen molar-refractivity contribution >= 4 is 23.2 Å². The fourth-order valence-electron chi connectivity index (χ4n) is 4.59. The third-order valence-electron chi connectivity index (χ3n) is 6.11. The van der Waals surface area contributed by atoms with Gasteiger partial charge in [-0.15, -0.1) is 0 Å². The van der Waals surface area contributed by atoms with Crippen LogP contribution in [0.4, 0.5) is 5.69 Å². The predicted octanol–water partition coefficient (Wildman–Crippen LogP) is 4.21. The second-order valence-electron chi connectivity index (χ2n) is 8.36. The first-order valence-electron chi connectivity index (χ1n) is 10.7. The van der Waals surface area contributed by atoms with Crippen LogP contribution in [0.15, 0.2) is 48.5 Å². The summed E-state index contributed by atoms with van der Waals surface area (Å²) in [6.07, 6.45) is 2.11. The van der Waals surface area contributed by atoms with Gasteiger partial charge in [0.25, 0.3) is 0 Å². The van der Waals surface area contributed by atoms with Crippen molar-refractivity contribution in [1.82, 2.24) is 9.80 Å². The smallest absolute Gasteiger partial charge is 0.227 e. The van der Waals surface area contributed by atoms with Gasteiger partial charge in [0, 0.05) is 50.0 Å². The summed E-state index contributed by atoms with van der Waals surface area (Å²) in [5, 5.41) is 0.761. The molecule has 2 heterocycles. The summed E-state index contributed by atoms with van der Waals surface area (Å²) in [7, 11) is 0. The summed E-state index contributed by atoms with van der Waals surface area (Å²) in [6, 6.07) is 16.7. The van der Waals surface area contributed by atoms with Crippen LogP contribution in [0.25, 0.3) is 0 Å². The summed E-state index contributed by atoms with van der Waals surface area (Å²) < 4.78 is 0. The molecule has 1 unspecified atom stereocenters. The number of hydrogen-bond donors (Lipinski definition) is 0. The first-order valence-corrected chi connectivity index (χ1v) is 11.0. The topological polar surface area (TPSA) is 26.8 Å². The molecule has 29 heavy (non-hydrogen) atoms. The molecule has 0 bridgehead atoms. The number of carbonyl (C=O) groups is 1. The summed E-state index contributed by atoms with van der Waals surface area (Å²) in [5.41, 5.74) is 3.78. The number of piperazine rings is 1. The summed E-state index contributed by atoms with van der Waals surface area (Å²) >= 11 is 6.13. The first kappa shape index (κ1) is 20.2. The molecular weight excluding hydrogens is 382 g/mol. The van der Waals surface area contributed by atoms with E-state index in [9.17, 15) is 4.79 Å². The van der Waals surface area contributed by atoms with Crippen molar-refractivity contribution in [3.8, 4) is 0 Å². The van der Waals surface area contributed by atoms with Gasteiger partial charge >= 0.3 is 0 Å². The Labute approximate surface area is 179 Å². The number of piperidine rings is 1. The van der Waals surface area contributed by atoms with Crippen LogP contribution >= 0.6 is 11.6 Å². The van der Waals surface area contributed by atoms with Crippen molar-refractivity contribution in [2.24, 2.45) is 5.92 Å². The maximum absolute atomic E-state index is 13.2. The molecule has 154 valence electrons. The molecule has 2 aliphatic heterocycles. The van der Waals surface area contributed by atoms with Gasteiger partial charge in [-0.2, -0.15) is 0 Å². The number of hydrogen-bond acceptors (Lipinski definition) is 3. The lowest BCUT2D eigenvalue weighted by atomic mass is 9.95. The minimum atomic E-state index is 0.131. The Bertz CT molecular complexity index is 848. The molecule has 4 nitrogen and oxygen atoms in total. The molecule has 2 saturated heterocycles. The molecule has 2 aromatic rings. The van der Waals surface area contributed by atoms with E-state index in [2.05, 4.69) is 52.0 Å². The van der Waals surface area contributed by atoms with Crippen molar-refractivity contribution in [2.45, 2.75) is 26.3 Å². The van der Waals surface area contributed by atoms with Gasteiger partial charge in [-0.25, -0.2) is 0 Å². The number of nitrogens with zero attached hydrogens (tertiary/aromatic N) is 3. The standard InChI is InChI=1S/C24H30ClN3O/c1-19-5-2-6-20(15-19)17-26-10-4-7-21(18-26)24(29)28-13-11-27(12-14-28)23-9-3-8-22(25)16-23/h2-3,5-6,8-9,15-16,21H,4,7,10-14,17-18H2,1H3. The molecular formula is C24H30ClN3O. The highest BCUT2D eigenvalue weighted by molar-refractivity contribution is 6.30. The molecule has 0 aromatic heterocycles. The first-order chi connectivity index (χ1) is 14.1. The average Bonchev–Trinajstić information content (AvgIpc) is 2.74. The highest BCUT2D eigenvalue weighted by Gasteiger charge is 2.31. The zero-order chi connectivity index (χ0) is 20.2. The average molecular weight is 412 g/mol. The number of aryl methyl sites for hydroxylation is 1. The van der Waals surface area contributed by atoms with Crippen LogP contribution in [0.1, 0.15) is 24.0 Å². The molecule has 0 radical (unpaired) electrons. The van der Waals surface area contributed by atoms with Gasteiger partial charge in [0.1, 0.15) is 0 Å². The largest absolute Gasteiger partial charge is 0.368 e. The Hall–Kier alpha value is -2.04. The van der Waals surface area contributed by atoms with Gasteiger partial charge in [0.15, 0.2) is 0 Å². The number of amides is 1. The summed E-state index contributed by atoms with van der Waals surface area (Å²) in [6.45, 7) is 8.35. The Morgan fingerprint density at radius 1 is 1.03 bits per heavy atom. The van der Waals surface area contributed by atoms with Crippen LogP contribution in [0.3, 0.4) is 0 Å². The lowest BCUT2D eigenvalue weighted by Crippen LogP contribution is -2.52.